The van der Waals surface area contributed by atoms with E-state index in [1.54, 1.807) is 0 Å². The maximum Gasteiger partial charge on any atom is -0.00461 e. The fraction of sp³-hybridized carbons (Fsp3) is 1.00. The molecular weight excluding hydrogens is 146 g/mol. The first-order chi connectivity index (χ1) is 5.57. The average Bonchev–Trinajstić information content (AvgIpc) is 2.03. The SMILES string of the molecule is C[C@H]1[C@H](CN)C[C@@H]2C[C@@H]1C2(C)C. The van der Waals surface area contributed by atoms with Gasteiger partial charge < -0.3 is 5.73 Å². The first kappa shape index (κ1) is 8.55. The molecule has 4 atom stereocenters. The number of fused-ring (bicyclic) bond motifs is 2. The summed E-state index contributed by atoms with van der Waals surface area (Å²) in [7, 11) is 0. The van der Waals surface area contributed by atoms with Crippen molar-refractivity contribution in [1.29, 1.82) is 0 Å². The zero-order valence-electron chi connectivity index (χ0n) is 8.51. The molecule has 1 nitrogen and oxygen atoms in total. The van der Waals surface area contributed by atoms with Crippen LogP contribution in [0.4, 0.5) is 0 Å². The smallest absolute Gasteiger partial charge is 0.00461 e. The van der Waals surface area contributed by atoms with E-state index in [0.29, 0.717) is 5.41 Å². The summed E-state index contributed by atoms with van der Waals surface area (Å²) in [6, 6.07) is 0. The lowest BCUT2D eigenvalue weighted by Crippen LogP contribution is -2.56. The summed E-state index contributed by atoms with van der Waals surface area (Å²) in [5.41, 5.74) is 6.40. The molecule has 70 valence electrons. The third-order valence-electron chi connectivity index (χ3n) is 4.81. The first-order valence-corrected chi connectivity index (χ1v) is 5.27. The van der Waals surface area contributed by atoms with Crippen molar-refractivity contribution in [2.24, 2.45) is 34.8 Å². The second-order valence-electron chi connectivity index (χ2n) is 5.45. The van der Waals surface area contributed by atoms with Gasteiger partial charge in [0.1, 0.15) is 0 Å². The van der Waals surface area contributed by atoms with Gasteiger partial charge >= 0.3 is 0 Å². The Morgan fingerprint density at radius 3 is 2.42 bits per heavy atom. The van der Waals surface area contributed by atoms with Crippen molar-refractivity contribution in [3.8, 4) is 0 Å². The second-order valence-corrected chi connectivity index (χ2v) is 5.45. The fourth-order valence-electron chi connectivity index (χ4n) is 3.57. The van der Waals surface area contributed by atoms with Crippen LogP contribution in [0.15, 0.2) is 0 Å². The predicted molar refractivity (Wildman–Crippen MR) is 51.7 cm³/mol. The Morgan fingerprint density at radius 2 is 2.00 bits per heavy atom. The molecule has 2 bridgehead atoms. The van der Waals surface area contributed by atoms with Gasteiger partial charge in [0.25, 0.3) is 0 Å². The van der Waals surface area contributed by atoms with Crippen molar-refractivity contribution in [1.82, 2.24) is 0 Å². The highest BCUT2D eigenvalue weighted by Crippen LogP contribution is 2.62. The van der Waals surface area contributed by atoms with Crippen LogP contribution in [0.3, 0.4) is 0 Å². The lowest BCUT2D eigenvalue weighted by Gasteiger charge is -2.62. The Balaban J connectivity index is 2.11. The minimum atomic E-state index is 0.630. The van der Waals surface area contributed by atoms with Crippen LogP contribution < -0.4 is 5.73 Å². The molecule has 0 aromatic carbocycles. The maximum atomic E-state index is 5.77. The lowest BCUT2D eigenvalue weighted by molar-refractivity contribution is -0.126. The van der Waals surface area contributed by atoms with Gasteiger partial charge in [0.05, 0.1) is 0 Å². The molecule has 0 saturated heterocycles. The summed E-state index contributed by atoms with van der Waals surface area (Å²) in [6.07, 6.45) is 2.87. The van der Waals surface area contributed by atoms with Crippen LogP contribution in [0, 0.1) is 29.1 Å². The Labute approximate surface area is 75.7 Å². The van der Waals surface area contributed by atoms with Crippen LogP contribution in [0.25, 0.3) is 0 Å². The molecule has 3 rings (SSSR count). The van der Waals surface area contributed by atoms with E-state index < -0.39 is 0 Å². The number of hydrogen-bond acceptors (Lipinski definition) is 1. The summed E-state index contributed by atoms with van der Waals surface area (Å²) in [6.45, 7) is 8.19. The van der Waals surface area contributed by atoms with E-state index in [1.165, 1.54) is 12.8 Å². The molecule has 12 heavy (non-hydrogen) atoms. The molecule has 0 aromatic rings. The maximum absolute atomic E-state index is 5.77. The van der Waals surface area contributed by atoms with Crippen molar-refractivity contribution in [2.45, 2.75) is 33.6 Å². The van der Waals surface area contributed by atoms with E-state index >= 15 is 0 Å². The molecule has 2 N–H and O–H groups in total. The van der Waals surface area contributed by atoms with Gasteiger partial charge in [-0.3, -0.25) is 0 Å². The van der Waals surface area contributed by atoms with Crippen LogP contribution in [-0.2, 0) is 0 Å². The third kappa shape index (κ3) is 0.891. The highest BCUT2D eigenvalue weighted by molar-refractivity contribution is 5.04. The highest BCUT2D eigenvalue weighted by Gasteiger charge is 2.55. The van der Waals surface area contributed by atoms with Gasteiger partial charge in [-0.25, -0.2) is 0 Å². The Morgan fingerprint density at radius 1 is 1.33 bits per heavy atom. The quantitative estimate of drug-likeness (QED) is 0.637. The van der Waals surface area contributed by atoms with Gasteiger partial charge in [-0.1, -0.05) is 20.8 Å². The number of hydrogen-bond donors (Lipinski definition) is 1. The van der Waals surface area contributed by atoms with Crippen LogP contribution in [0.2, 0.25) is 0 Å². The zero-order chi connectivity index (χ0) is 8.93. The van der Waals surface area contributed by atoms with E-state index in [4.69, 9.17) is 5.73 Å². The van der Waals surface area contributed by atoms with E-state index in [2.05, 4.69) is 20.8 Å². The molecule has 0 heterocycles. The van der Waals surface area contributed by atoms with E-state index in [1.807, 2.05) is 0 Å². The van der Waals surface area contributed by atoms with Gasteiger partial charge in [0.2, 0.25) is 0 Å². The van der Waals surface area contributed by atoms with Gasteiger partial charge in [-0.15, -0.1) is 0 Å². The molecule has 0 spiro atoms. The molecule has 3 saturated carbocycles. The Kier molecular flexibility index (Phi) is 1.76. The molecule has 0 unspecified atom stereocenters. The molecule has 3 aliphatic carbocycles. The molecule has 0 aliphatic heterocycles. The summed E-state index contributed by atoms with van der Waals surface area (Å²) in [4.78, 5) is 0. The van der Waals surface area contributed by atoms with E-state index in [0.717, 1.165) is 30.2 Å². The number of nitrogens with two attached hydrogens (primary N) is 1. The van der Waals surface area contributed by atoms with Crippen molar-refractivity contribution >= 4 is 0 Å². The van der Waals surface area contributed by atoms with Gasteiger partial charge in [-0.2, -0.15) is 0 Å². The van der Waals surface area contributed by atoms with Gasteiger partial charge in [0.15, 0.2) is 0 Å². The summed E-state index contributed by atoms with van der Waals surface area (Å²) >= 11 is 0. The average molecular weight is 167 g/mol. The van der Waals surface area contributed by atoms with Gasteiger partial charge in [-0.05, 0) is 48.5 Å². The minimum Gasteiger partial charge on any atom is -0.330 e. The highest BCUT2D eigenvalue weighted by atomic mass is 14.7. The van der Waals surface area contributed by atoms with E-state index in [-0.39, 0.29) is 0 Å². The molecule has 3 aliphatic rings. The first-order valence-electron chi connectivity index (χ1n) is 5.27. The van der Waals surface area contributed by atoms with Crippen LogP contribution in [0.5, 0.6) is 0 Å². The Bertz CT molecular complexity index is 185. The van der Waals surface area contributed by atoms with Crippen LogP contribution in [0.1, 0.15) is 33.6 Å². The second kappa shape index (κ2) is 2.47. The number of rotatable bonds is 1. The fourth-order valence-corrected chi connectivity index (χ4v) is 3.57. The van der Waals surface area contributed by atoms with Crippen molar-refractivity contribution in [3.63, 3.8) is 0 Å². The Hall–Kier alpha value is -0.0400. The van der Waals surface area contributed by atoms with E-state index in [9.17, 15) is 0 Å². The molecular formula is C11H21N. The molecule has 1 heteroatoms. The molecule has 0 radical (unpaired) electrons. The zero-order valence-corrected chi connectivity index (χ0v) is 8.51. The van der Waals surface area contributed by atoms with Crippen molar-refractivity contribution < 1.29 is 0 Å². The standard InChI is InChI=1S/C11H21N/c1-7-8(6-12)4-9-5-10(7)11(9,2)3/h7-10H,4-6,12H2,1-3H3/t7-,8-,9+,10-/m0/s1. The van der Waals surface area contributed by atoms with Crippen LogP contribution >= 0.6 is 0 Å². The summed E-state index contributed by atoms with van der Waals surface area (Å²) in [5, 5.41) is 0. The monoisotopic (exact) mass is 167 g/mol. The van der Waals surface area contributed by atoms with Crippen molar-refractivity contribution in [2.75, 3.05) is 6.54 Å². The summed E-state index contributed by atoms with van der Waals surface area (Å²) in [5.74, 6) is 3.63. The topological polar surface area (TPSA) is 26.0 Å². The third-order valence-corrected chi connectivity index (χ3v) is 4.81. The normalized spacial score (nSPS) is 50.0. The molecule has 3 fully saturated rings. The largest absolute Gasteiger partial charge is 0.330 e. The predicted octanol–water partition coefficient (Wildman–Crippen LogP) is 2.26. The molecule has 0 aromatic heterocycles. The lowest BCUT2D eigenvalue weighted by atomic mass is 9.43. The summed E-state index contributed by atoms with van der Waals surface area (Å²) < 4.78 is 0. The van der Waals surface area contributed by atoms with Crippen molar-refractivity contribution in [3.05, 3.63) is 0 Å². The molecule has 0 amide bonds. The van der Waals surface area contributed by atoms with Crippen LogP contribution in [-0.4, -0.2) is 6.54 Å². The minimum absolute atomic E-state index is 0.630. The van der Waals surface area contributed by atoms with Gasteiger partial charge in [0, 0.05) is 0 Å².